The topological polar surface area (TPSA) is 163 Å². The third kappa shape index (κ3) is 6.55. The molecule has 3 rings (SSSR count). The number of rotatable bonds is 10. The van der Waals surface area contributed by atoms with E-state index in [1.807, 2.05) is 43.0 Å². The molecule has 0 radical (unpaired) electrons. The normalized spacial score (nSPS) is 16.2. The summed E-state index contributed by atoms with van der Waals surface area (Å²) in [5.74, 6) is -0.535. The minimum atomic E-state index is -0.671. The molecule has 1 fully saturated rings. The van der Waals surface area contributed by atoms with Gasteiger partial charge in [-0.15, -0.1) is 0 Å². The predicted molar refractivity (Wildman–Crippen MR) is 132 cm³/mol. The van der Waals surface area contributed by atoms with Crippen LogP contribution < -0.4 is 27.0 Å². The number of hydrogen-bond donors (Lipinski definition) is 5. The molecule has 34 heavy (non-hydrogen) atoms. The van der Waals surface area contributed by atoms with Crippen molar-refractivity contribution in [2.24, 2.45) is 17.4 Å². The van der Waals surface area contributed by atoms with Gasteiger partial charge in [-0.2, -0.15) is 4.98 Å². The van der Waals surface area contributed by atoms with Crippen LogP contribution in [0.25, 0.3) is 0 Å². The highest BCUT2D eigenvalue weighted by Crippen LogP contribution is 2.24. The Labute approximate surface area is 199 Å². The zero-order valence-corrected chi connectivity index (χ0v) is 19.9. The first-order valence-corrected chi connectivity index (χ1v) is 11.4. The highest BCUT2D eigenvalue weighted by atomic mass is 16.3. The van der Waals surface area contributed by atoms with Gasteiger partial charge in [0.2, 0.25) is 11.9 Å². The largest absolute Gasteiger partial charge is 0.379 e. The van der Waals surface area contributed by atoms with Gasteiger partial charge in [-0.3, -0.25) is 14.5 Å². The van der Waals surface area contributed by atoms with Crippen molar-refractivity contribution in [1.29, 1.82) is 0 Å². The molecule has 7 N–H and O–H groups in total. The number of anilines is 4. The number of piperazine rings is 1. The molecular weight excluding hydrogens is 436 g/mol. The van der Waals surface area contributed by atoms with Crippen molar-refractivity contribution in [2.45, 2.75) is 39.5 Å². The lowest BCUT2D eigenvalue weighted by atomic mass is 10.0. The quantitative estimate of drug-likeness (QED) is 0.342. The number of benzene rings is 1. The van der Waals surface area contributed by atoms with E-state index >= 15 is 0 Å². The molecule has 0 saturated carbocycles. The van der Waals surface area contributed by atoms with E-state index in [2.05, 4.69) is 25.5 Å². The van der Waals surface area contributed by atoms with E-state index in [1.165, 1.54) is 6.20 Å². The zero-order chi connectivity index (χ0) is 24.8. The van der Waals surface area contributed by atoms with Crippen molar-refractivity contribution in [2.75, 3.05) is 41.7 Å². The summed E-state index contributed by atoms with van der Waals surface area (Å²) in [4.78, 5) is 36.5. The average molecular weight is 471 g/mol. The van der Waals surface area contributed by atoms with Crippen LogP contribution in [0.4, 0.5) is 23.1 Å². The fourth-order valence-electron chi connectivity index (χ4n) is 3.85. The van der Waals surface area contributed by atoms with Gasteiger partial charge < -0.3 is 32.1 Å². The summed E-state index contributed by atoms with van der Waals surface area (Å²) < 4.78 is 0. The number of aliphatic hydroxyl groups excluding tert-OH is 1. The number of hydrogen-bond acceptors (Lipinski definition) is 9. The molecule has 1 saturated heterocycles. The number of nitrogens with one attached hydrogen (secondary N) is 2. The minimum Gasteiger partial charge on any atom is -0.379 e. The Morgan fingerprint density at radius 1 is 1.09 bits per heavy atom. The van der Waals surface area contributed by atoms with Crippen LogP contribution in [-0.4, -0.2) is 70.2 Å². The molecule has 184 valence electrons. The summed E-state index contributed by atoms with van der Waals surface area (Å²) in [7, 11) is 0. The molecule has 2 heterocycles. The van der Waals surface area contributed by atoms with Gasteiger partial charge in [0.15, 0.2) is 0 Å². The van der Waals surface area contributed by atoms with Crippen LogP contribution >= 0.6 is 0 Å². The molecule has 1 aliphatic heterocycles. The van der Waals surface area contributed by atoms with Crippen LogP contribution in [0.15, 0.2) is 30.5 Å². The first kappa shape index (κ1) is 25.2. The number of nitrogens with zero attached hydrogens (tertiary/aromatic N) is 4. The van der Waals surface area contributed by atoms with E-state index in [9.17, 15) is 14.7 Å². The van der Waals surface area contributed by atoms with Gasteiger partial charge in [0.25, 0.3) is 5.91 Å². The number of primary amides is 2. The van der Waals surface area contributed by atoms with Crippen LogP contribution in [0, 0.1) is 5.92 Å². The SMILES string of the molecule is CC(C)C[C@@H](Nc1ncc(C(N)=O)c(Nc2ccc(N3CCN(C(C)O)CC3)cc2)n1)C(N)=O. The molecule has 0 spiro atoms. The maximum Gasteiger partial charge on any atom is 0.254 e. The van der Waals surface area contributed by atoms with Crippen LogP contribution in [0.5, 0.6) is 0 Å². The Morgan fingerprint density at radius 3 is 2.26 bits per heavy atom. The molecule has 0 aliphatic carbocycles. The monoisotopic (exact) mass is 470 g/mol. The van der Waals surface area contributed by atoms with Crippen molar-refractivity contribution in [3.63, 3.8) is 0 Å². The van der Waals surface area contributed by atoms with E-state index in [0.29, 0.717) is 12.1 Å². The van der Waals surface area contributed by atoms with E-state index < -0.39 is 24.1 Å². The summed E-state index contributed by atoms with van der Waals surface area (Å²) in [6.07, 6.45) is 1.40. The molecule has 2 amide bonds. The number of nitrogens with two attached hydrogens (primary N) is 2. The third-order valence-corrected chi connectivity index (χ3v) is 5.75. The Kier molecular flexibility index (Phi) is 8.24. The first-order chi connectivity index (χ1) is 16.1. The highest BCUT2D eigenvalue weighted by Gasteiger charge is 2.21. The molecule has 2 aromatic rings. The molecule has 1 aromatic carbocycles. The van der Waals surface area contributed by atoms with Gasteiger partial charge in [0.05, 0.1) is 0 Å². The summed E-state index contributed by atoms with van der Waals surface area (Å²) >= 11 is 0. The summed E-state index contributed by atoms with van der Waals surface area (Å²) in [5, 5.41) is 15.8. The number of carbonyl (C=O) groups excluding carboxylic acids is 2. The summed E-state index contributed by atoms with van der Waals surface area (Å²) in [6.45, 7) is 8.97. The maximum absolute atomic E-state index is 11.9. The minimum absolute atomic E-state index is 0.128. The second kappa shape index (κ2) is 11.1. The van der Waals surface area contributed by atoms with Gasteiger partial charge in [-0.05, 0) is 43.5 Å². The van der Waals surface area contributed by atoms with Crippen molar-refractivity contribution in [3.8, 4) is 0 Å². The summed E-state index contributed by atoms with van der Waals surface area (Å²) in [6, 6.07) is 7.11. The van der Waals surface area contributed by atoms with Crippen LogP contribution in [-0.2, 0) is 4.79 Å². The van der Waals surface area contributed by atoms with Gasteiger partial charge in [0.1, 0.15) is 23.7 Å². The fraction of sp³-hybridized carbons (Fsp3) is 0.478. The molecule has 2 atom stereocenters. The van der Waals surface area contributed by atoms with Gasteiger partial charge >= 0.3 is 0 Å². The lowest BCUT2D eigenvalue weighted by molar-refractivity contribution is -0.119. The Hall–Kier alpha value is -3.44. The standard InChI is InChI=1S/C23H34N8O3/c1-14(2)12-19(21(25)34)28-23-26-13-18(20(24)33)22(29-23)27-16-4-6-17(7-5-16)31-10-8-30(9-11-31)15(3)32/h4-7,13-15,19,32H,8-12H2,1-3H3,(H2,24,33)(H2,25,34)(H2,26,27,28,29)/t15?,19-/m1/s1. The fourth-order valence-corrected chi connectivity index (χ4v) is 3.85. The predicted octanol–water partition coefficient (Wildman–Crippen LogP) is 1.09. The van der Waals surface area contributed by atoms with E-state index in [4.69, 9.17) is 11.5 Å². The smallest absolute Gasteiger partial charge is 0.254 e. The number of aromatic nitrogens is 2. The second-order valence-electron chi connectivity index (χ2n) is 8.88. The third-order valence-electron chi connectivity index (χ3n) is 5.75. The van der Waals surface area contributed by atoms with Crippen LogP contribution in [0.1, 0.15) is 37.6 Å². The molecule has 1 unspecified atom stereocenters. The molecule has 1 aromatic heterocycles. The Morgan fingerprint density at radius 2 is 1.74 bits per heavy atom. The van der Waals surface area contributed by atoms with Crippen molar-refractivity contribution >= 4 is 35.0 Å². The number of aliphatic hydroxyl groups is 1. The second-order valence-corrected chi connectivity index (χ2v) is 8.88. The van der Waals surface area contributed by atoms with E-state index in [1.54, 1.807) is 6.92 Å². The van der Waals surface area contributed by atoms with Crippen molar-refractivity contribution in [1.82, 2.24) is 14.9 Å². The molecule has 0 bridgehead atoms. The lowest BCUT2D eigenvalue weighted by Gasteiger charge is -2.37. The van der Waals surface area contributed by atoms with Crippen molar-refractivity contribution in [3.05, 3.63) is 36.0 Å². The van der Waals surface area contributed by atoms with Crippen molar-refractivity contribution < 1.29 is 14.7 Å². The number of amides is 2. The molecule has 11 heteroatoms. The van der Waals surface area contributed by atoms with Gasteiger partial charge in [-0.25, -0.2) is 4.98 Å². The molecule has 1 aliphatic rings. The lowest BCUT2D eigenvalue weighted by Crippen LogP contribution is -2.49. The zero-order valence-electron chi connectivity index (χ0n) is 19.9. The molecule has 11 nitrogen and oxygen atoms in total. The van der Waals surface area contributed by atoms with E-state index in [0.717, 1.165) is 31.9 Å². The Bertz CT molecular complexity index is 988. The number of carbonyl (C=O) groups is 2. The summed E-state index contributed by atoms with van der Waals surface area (Å²) in [5.41, 5.74) is 12.9. The van der Waals surface area contributed by atoms with E-state index in [-0.39, 0.29) is 23.2 Å². The van der Waals surface area contributed by atoms with Gasteiger partial charge in [-0.1, -0.05) is 13.8 Å². The average Bonchev–Trinajstić information content (AvgIpc) is 2.79. The maximum atomic E-state index is 11.9. The van der Waals surface area contributed by atoms with Gasteiger partial charge in [0, 0.05) is 43.8 Å². The molecular formula is C23H34N8O3. The highest BCUT2D eigenvalue weighted by molar-refractivity contribution is 5.98. The Balaban J connectivity index is 1.74. The van der Waals surface area contributed by atoms with Crippen LogP contribution in [0.3, 0.4) is 0 Å². The van der Waals surface area contributed by atoms with Crippen LogP contribution in [0.2, 0.25) is 0 Å². The first-order valence-electron chi connectivity index (χ1n) is 11.4.